The summed E-state index contributed by atoms with van der Waals surface area (Å²) in [5, 5.41) is 0. The van der Waals surface area contributed by atoms with E-state index in [1.165, 1.54) is 23.7 Å². The third-order valence-electron chi connectivity index (χ3n) is 3.02. The molecule has 1 saturated heterocycles. The fourth-order valence-corrected chi connectivity index (χ4v) is 3.26. The van der Waals surface area contributed by atoms with E-state index in [-0.39, 0.29) is 0 Å². The highest BCUT2D eigenvalue weighted by Gasteiger charge is 2.47. The predicted molar refractivity (Wildman–Crippen MR) is 54.1 cm³/mol. The van der Waals surface area contributed by atoms with Crippen molar-refractivity contribution in [1.29, 1.82) is 0 Å². The number of ether oxygens (including phenoxy) is 1. The van der Waals surface area contributed by atoms with Crippen LogP contribution in [0.3, 0.4) is 0 Å². The maximum atomic E-state index is 5.70. The average Bonchev–Trinajstić information content (AvgIpc) is 2.31. The quantitative estimate of drug-likeness (QED) is 0.523. The Morgan fingerprint density at radius 2 is 2.18 bits per heavy atom. The van der Waals surface area contributed by atoms with Gasteiger partial charge in [-0.05, 0) is 30.6 Å². The summed E-state index contributed by atoms with van der Waals surface area (Å²) in [7, 11) is 0. The van der Waals surface area contributed by atoms with Gasteiger partial charge in [0, 0.05) is 4.43 Å². The summed E-state index contributed by atoms with van der Waals surface area (Å²) in [6.07, 6.45) is 4.74. The highest BCUT2D eigenvalue weighted by Crippen LogP contribution is 2.52. The highest BCUT2D eigenvalue weighted by molar-refractivity contribution is 14.1. The molecule has 1 aliphatic carbocycles. The zero-order chi connectivity index (χ0) is 7.90. The lowest BCUT2D eigenvalue weighted by molar-refractivity contribution is 0.0410. The molecule has 0 amide bonds. The smallest absolute Gasteiger partial charge is 0.0670 e. The van der Waals surface area contributed by atoms with Gasteiger partial charge in [-0.2, -0.15) is 0 Å². The lowest BCUT2D eigenvalue weighted by atomic mass is 9.62. The molecule has 2 fully saturated rings. The van der Waals surface area contributed by atoms with Crippen molar-refractivity contribution in [3.05, 3.63) is 0 Å². The number of rotatable bonds is 1. The van der Waals surface area contributed by atoms with Crippen LogP contribution in [0.2, 0.25) is 0 Å². The van der Waals surface area contributed by atoms with Gasteiger partial charge in [0.25, 0.3) is 0 Å². The second kappa shape index (κ2) is 2.87. The molecule has 1 heterocycles. The Bertz CT molecular complexity index is 152. The van der Waals surface area contributed by atoms with Crippen molar-refractivity contribution < 1.29 is 4.74 Å². The molecule has 1 saturated carbocycles. The molecule has 11 heavy (non-hydrogen) atoms. The summed E-state index contributed by atoms with van der Waals surface area (Å²) in [5.41, 5.74) is 0.634. The van der Waals surface area contributed by atoms with Gasteiger partial charge in [0.05, 0.1) is 12.7 Å². The predicted octanol–water partition coefficient (Wildman–Crippen LogP) is 2.63. The van der Waals surface area contributed by atoms with Crippen molar-refractivity contribution in [1.82, 2.24) is 0 Å². The Balaban J connectivity index is 1.89. The highest BCUT2D eigenvalue weighted by atomic mass is 127. The Morgan fingerprint density at radius 1 is 1.45 bits per heavy atom. The molecule has 0 aromatic carbocycles. The average molecular weight is 266 g/mol. The van der Waals surface area contributed by atoms with E-state index in [0.29, 0.717) is 11.5 Å². The van der Waals surface area contributed by atoms with Gasteiger partial charge in [0.1, 0.15) is 0 Å². The topological polar surface area (TPSA) is 9.23 Å². The van der Waals surface area contributed by atoms with Gasteiger partial charge in [-0.15, -0.1) is 0 Å². The van der Waals surface area contributed by atoms with Crippen molar-refractivity contribution in [3.63, 3.8) is 0 Å². The van der Waals surface area contributed by atoms with Crippen LogP contribution < -0.4 is 0 Å². The number of alkyl halides is 1. The van der Waals surface area contributed by atoms with Crippen LogP contribution in [0, 0.1) is 11.3 Å². The van der Waals surface area contributed by atoms with Crippen LogP contribution in [-0.2, 0) is 4.74 Å². The van der Waals surface area contributed by atoms with E-state index in [4.69, 9.17) is 4.74 Å². The molecule has 1 spiro atoms. The zero-order valence-electron chi connectivity index (χ0n) is 6.98. The van der Waals surface area contributed by atoms with Crippen LogP contribution in [0.1, 0.15) is 26.2 Å². The zero-order valence-corrected chi connectivity index (χ0v) is 9.13. The minimum absolute atomic E-state index is 0.572. The van der Waals surface area contributed by atoms with Crippen molar-refractivity contribution in [2.45, 2.75) is 32.3 Å². The lowest BCUT2D eigenvalue weighted by Crippen LogP contribution is -2.36. The normalized spacial score (nSPS) is 49.6. The van der Waals surface area contributed by atoms with Gasteiger partial charge in [0.15, 0.2) is 0 Å². The van der Waals surface area contributed by atoms with E-state index in [1.807, 2.05) is 0 Å². The van der Waals surface area contributed by atoms with E-state index >= 15 is 0 Å². The second-order valence-electron chi connectivity index (χ2n) is 4.30. The molecule has 0 bridgehead atoms. The van der Waals surface area contributed by atoms with Gasteiger partial charge >= 0.3 is 0 Å². The summed E-state index contributed by atoms with van der Waals surface area (Å²) >= 11 is 2.43. The van der Waals surface area contributed by atoms with E-state index in [0.717, 1.165) is 12.5 Å². The minimum atomic E-state index is 0.572. The van der Waals surface area contributed by atoms with Crippen LogP contribution in [-0.4, -0.2) is 17.1 Å². The maximum Gasteiger partial charge on any atom is 0.0670 e. The molecule has 0 unspecified atom stereocenters. The van der Waals surface area contributed by atoms with E-state index in [9.17, 15) is 0 Å². The molecule has 1 nitrogen and oxygen atoms in total. The van der Waals surface area contributed by atoms with Crippen LogP contribution in [0.25, 0.3) is 0 Å². The summed E-state index contributed by atoms with van der Waals surface area (Å²) in [4.78, 5) is 0. The van der Waals surface area contributed by atoms with Crippen LogP contribution in [0.15, 0.2) is 0 Å². The summed E-state index contributed by atoms with van der Waals surface area (Å²) < 4.78 is 6.88. The molecule has 2 rings (SSSR count). The molecule has 0 aromatic heterocycles. The van der Waals surface area contributed by atoms with E-state index in [1.54, 1.807) is 0 Å². The van der Waals surface area contributed by atoms with E-state index < -0.39 is 0 Å². The standard InChI is InChI=1S/C9H15IO/c1-7-2-9(3-7)4-8(5-10)11-6-9/h7-8H,2-6H2,1H3/t7?,8-,9?/m1/s1. The fourth-order valence-electron chi connectivity index (χ4n) is 2.70. The Kier molecular flexibility index (Phi) is 2.17. The first-order valence-electron chi connectivity index (χ1n) is 4.42. The molecule has 2 heteroatoms. The lowest BCUT2D eigenvalue weighted by Gasteiger charge is -2.42. The summed E-state index contributed by atoms with van der Waals surface area (Å²) in [5.74, 6) is 0.964. The number of hydrogen-bond acceptors (Lipinski definition) is 1. The molecular weight excluding hydrogens is 251 g/mol. The van der Waals surface area contributed by atoms with Crippen molar-refractivity contribution in [2.24, 2.45) is 11.3 Å². The van der Waals surface area contributed by atoms with Gasteiger partial charge in [-0.1, -0.05) is 29.5 Å². The largest absolute Gasteiger partial charge is 0.377 e. The molecule has 0 N–H and O–H groups in total. The number of halogens is 1. The third kappa shape index (κ3) is 1.44. The third-order valence-corrected chi connectivity index (χ3v) is 4.00. The van der Waals surface area contributed by atoms with Crippen molar-refractivity contribution in [3.8, 4) is 0 Å². The first-order valence-corrected chi connectivity index (χ1v) is 5.94. The second-order valence-corrected chi connectivity index (χ2v) is 5.19. The Hall–Kier alpha value is 0.690. The monoisotopic (exact) mass is 266 g/mol. The fraction of sp³-hybridized carbons (Fsp3) is 1.00. The molecule has 1 aliphatic heterocycles. The Morgan fingerprint density at radius 3 is 2.64 bits per heavy atom. The molecule has 0 aromatic rings. The first-order chi connectivity index (χ1) is 5.24. The van der Waals surface area contributed by atoms with Crippen molar-refractivity contribution in [2.75, 3.05) is 11.0 Å². The van der Waals surface area contributed by atoms with E-state index in [2.05, 4.69) is 29.5 Å². The Labute approximate surface area is 82.0 Å². The van der Waals surface area contributed by atoms with Crippen molar-refractivity contribution >= 4 is 22.6 Å². The molecule has 64 valence electrons. The maximum absolute atomic E-state index is 5.70. The molecule has 0 radical (unpaired) electrons. The number of hydrogen-bond donors (Lipinski definition) is 0. The van der Waals surface area contributed by atoms with Crippen LogP contribution >= 0.6 is 22.6 Å². The minimum Gasteiger partial charge on any atom is -0.377 e. The van der Waals surface area contributed by atoms with Gasteiger partial charge < -0.3 is 4.74 Å². The van der Waals surface area contributed by atoms with Crippen LogP contribution in [0.5, 0.6) is 0 Å². The molecule has 2 aliphatic rings. The van der Waals surface area contributed by atoms with Gasteiger partial charge in [-0.25, -0.2) is 0 Å². The van der Waals surface area contributed by atoms with Crippen LogP contribution in [0.4, 0.5) is 0 Å². The molecule has 1 atom stereocenters. The van der Waals surface area contributed by atoms with Gasteiger partial charge in [0.2, 0.25) is 0 Å². The summed E-state index contributed by atoms with van der Waals surface area (Å²) in [6.45, 7) is 3.40. The SMILES string of the molecule is CC1CC2(CO[C@@H](CI)C2)C1. The first kappa shape index (κ1) is 8.30. The summed E-state index contributed by atoms with van der Waals surface area (Å²) in [6, 6.07) is 0. The van der Waals surface area contributed by atoms with Gasteiger partial charge in [-0.3, -0.25) is 0 Å². The molecular formula is C9H15IO.